The third-order valence-corrected chi connectivity index (χ3v) is 1.82. The number of rotatable bonds is 0. The van der Waals surface area contributed by atoms with Gasteiger partial charge in [0.25, 0.3) is 0 Å². The minimum Gasteiger partial charge on any atom is -0.123 e. The van der Waals surface area contributed by atoms with Crippen LogP contribution in [0.15, 0.2) is 36.0 Å². The first-order chi connectivity index (χ1) is 4.60. The molecule has 1 aliphatic rings. The summed E-state index contributed by atoms with van der Waals surface area (Å²) in [6.07, 6.45) is 10.7. The van der Waals surface area contributed by atoms with Crippen LogP contribution in [0.1, 0.15) is 13.8 Å². The molecule has 0 fully saturated rings. The van der Waals surface area contributed by atoms with E-state index in [2.05, 4.69) is 53.5 Å². The standard InChI is InChI=1S/C9H13P/c1-8-5-3-4-6-9(2,10)7-8/h3-7H,10H2,1-2H3. The lowest BCUT2D eigenvalue weighted by Crippen LogP contribution is -2.05. The van der Waals surface area contributed by atoms with E-state index >= 15 is 0 Å². The Morgan fingerprint density at radius 3 is 2.80 bits per heavy atom. The predicted octanol–water partition coefficient (Wildman–Crippen LogP) is 2.69. The Morgan fingerprint density at radius 1 is 1.40 bits per heavy atom. The second-order valence-corrected chi connectivity index (χ2v) is 4.22. The number of hydrogen-bond donors (Lipinski definition) is 0. The van der Waals surface area contributed by atoms with Crippen molar-refractivity contribution in [3.8, 4) is 0 Å². The van der Waals surface area contributed by atoms with Crippen LogP contribution >= 0.6 is 9.24 Å². The highest BCUT2D eigenvalue weighted by Gasteiger charge is 2.09. The molecule has 0 bridgehead atoms. The van der Waals surface area contributed by atoms with E-state index in [-0.39, 0.29) is 5.16 Å². The van der Waals surface area contributed by atoms with Crippen molar-refractivity contribution < 1.29 is 0 Å². The number of hydrogen-bond acceptors (Lipinski definition) is 0. The second kappa shape index (κ2) is 2.72. The average Bonchev–Trinajstić information content (AvgIpc) is 1.90. The van der Waals surface area contributed by atoms with Gasteiger partial charge < -0.3 is 0 Å². The van der Waals surface area contributed by atoms with Gasteiger partial charge in [0.2, 0.25) is 0 Å². The lowest BCUT2D eigenvalue weighted by Gasteiger charge is -2.13. The molecule has 1 rings (SSSR count). The molecule has 1 heteroatoms. The molecule has 54 valence electrons. The maximum atomic E-state index is 2.82. The summed E-state index contributed by atoms with van der Waals surface area (Å²) in [5, 5.41) is 0.146. The lowest BCUT2D eigenvalue weighted by atomic mass is 10.1. The van der Waals surface area contributed by atoms with Gasteiger partial charge in [0.1, 0.15) is 0 Å². The van der Waals surface area contributed by atoms with Crippen molar-refractivity contribution in [2.45, 2.75) is 19.0 Å². The van der Waals surface area contributed by atoms with Crippen molar-refractivity contribution in [2.24, 2.45) is 0 Å². The van der Waals surface area contributed by atoms with Crippen LogP contribution in [0.25, 0.3) is 0 Å². The van der Waals surface area contributed by atoms with Crippen LogP contribution in [0.3, 0.4) is 0 Å². The molecule has 0 N–H and O–H groups in total. The van der Waals surface area contributed by atoms with E-state index in [9.17, 15) is 0 Å². The van der Waals surface area contributed by atoms with Gasteiger partial charge in [-0.1, -0.05) is 36.0 Å². The first kappa shape index (κ1) is 7.75. The highest BCUT2D eigenvalue weighted by Crippen LogP contribution is 2.24. The van der Waals surface area contributed by atoms with Gasteiger partial charge in [-0.15, -0.1) is 9.24 Å². The van der Waals surface area contributed by atoms with Crippen molar-refractivity contribution in [3.05, 3.63) is 36.0 Å². The molecule has 0 aromatic rings. The van der Waals surface area contributed by atoms with Gasteiger partial charge in [0.05, 0.1) is 0 Å². The van der Waals surface area contributed by atoms with E-state index in [1.54, 1.807) is 0 Å². The second-order valence-electron chi connectivity index (χ2n) is 2.97. The molecule has 10 heavy (non-hydrogen) atoms. The van der Waals surface area contributed by atoms with E-state index in [1.165, 1.54) is 5.57 Å². The normalized spacial score (nSPS) is 31.7. The molecule has 0 aliphatic heterocycles. The summed E-state index contributed by atoms with van der Waals surface area (Å²) < 4.78 is 0. The molecular weight excluding hydrogens is 139 g/mol. The van der Waals surface area contributed by atoms with Crippen LogP contribution in [0.2, 0.25) is 0 Å². The molecule has 0 saturated carbocycles. The predicted molar refractivity (Wildman–Crippen MR) is 50.2 cm³/mol. The summed E-state index contributed by atoms with van der Waals surface area (Å²) >= 11 is 0. The highest BCUT2D eigenvalue weighted by atomic mass is 31.0. The largest absolute Gasteiger partial charge is 0.123 e. The molecule has 0 saturated heterocycles. The molecule has 0 radical (unpaired) electrons. The Hall–Kier alpha value is -0.350. The first-order valence-electron chi connectivity index (χ1n) is 3.44. The summed E-state index contributed by atoms with van der Waals surface area (Å²) in [7, 11) is 2.82. The van der Waals surface area contributed by atoms with Gasteiger partial charge in [0, 0.05) is 5.16 Å². The maximum absolute atomic E-state index is 2.82. The molecule has 0 amide bonds. The van der Waals surface area contributed by atoms with Crippen molar-refractivity contribution in [2.75, 3.05) is 0 Å². The van der Waals surface area contributed by atoms with Crippen LogP contribution in [0.5, 0.6) is 0 Å². The summed E-state index contributed by atoms with van der Waals surface area (Å²) in [4.78, 5) is 0. The molecule has 0 aromatic heterocycles. The van der Waals surface area contributed by atoms with Crippen molar-refractivity contribution in [1.29, 1.82) is 0 Å². The zero-order chi connectivity index (χ0) is 7.61. The topological polar surface area (TPSA) is 0 Å². The fourth-order valence-electron chi connectivity index (χ4n) is 1.06. The zero-order valence-electron chi connectivity index (χ0n) is 6.46. The third kappa shape index (κ3) is 2.11. The molecule has 0 aromatic carbocycles. The van der Waals surface area contributed by atoms with Crippen LogP contribution in [0.4, 0.5) is 0 Å². The molecule has 0 nitrogen and oxygen atoms in total. The minimum atomic E-state index is 0.146. The monoisotopic (exact) mass is 152 g/mol. The van der Waals surface area contributed by atoms with Crippen molar-refractivity contribution in [1.82, 2.24) is 0 Å². The van der Waals surface area contributed by atoms with E-state index < -0.39 is 0 Å². The van der Waals surface area contributed by atoms with Gasteiger partial charge in [-0.05, 0) is 13.8 Å². The van der Waals surface area contributed by atoms with Gasteiger partial charge in [-0.2, -0.15) is 0 Å². The van der Waals surface area contributed by atoms with E-state index in [4.69, 9.17) is 0 Å². The van der Waals surface area contributed by atoms with Gasteiger partial charge in [-0.25, -0.2) is 0 Å². The summed E-state index contributed by atoms with van der Waals surface area (Å²) in [5.41, 5.74) is 1.32. The molecule has 2 atom stereocenters. The fraction of sp³-hybridized carbons (Fsp3) is 0.333. The fourth-order valence-corrected chi connectivity index (χ4v) is 1.43. The van der Waals surface area contributed by atoms with Crippen LogP contribution in [-0.4, -0.2) is 5.16 Å². The summed E-state index contributed by atoms with van der Waals surface area (Å²) in [5.74, 6) is 0. The third-order valence-electron chi connectivity index (χ3n) is 1.46. The molecule has 2 unspecified atom stereocenters. The quantitative estimate of drug-likeness (QED) is 0.468. The lowest BCUT2D eigenvalue weighted by molar-refractivity contribution is 1.00. The SMILES string of the molecule is CC1=CC(C)(P)C=CC=C1. The average molecular weight is 152 g/mol. The van der Waals surface area contributed by atoms with Gasteiger partial charge in [0.15, 0.2) is 0 Å². The van der Waals surface area contributed by atoms with E-state index in [0.717, 1.165) is 0 Å². The van der Waals surface area contributed by atoms with Crippen LogP contribution in [-0.2, 0) is 0 Å². The van der Waals surface area contributed by atoms with Crippen LogP contribution in [0, 0.1) is 0 Å². The zero-order valence-corrected chi connectivity index (χ0v) is 7.62. The highest BCUT2D eigenvalue weighted by molar-refractivity contribution is 7.19. The van der Waals surface area contributed by atoms with Crippen LogP contribution < -0.4 is 0 Å². The molecule has 0 spiro atoms. The minimum absolute atomic E-state index is 0.146. The Morgan fingerprint density at radius 2 is 2.10 bits per heavy atom. The van der Waals surface area contributed by atoms with E-state index in [0.29, 0.717) is 0 Å². The summed E-state index contributed by atoms with van der Waals surface area (Å²) in [6.45, 7) is 4.29. The molecular formula is C9H13P. The van der Waals surface area contributed by atoms with Gasteiger partial charge >= 0.3 is 0 Å². The molecule has 0 heterocycles. The Kier molecular flexibility index (Phi) is 2.11. The van der Waals surface area contributed by atoms with Crippen molar-refractivity contribution in [3.63, 3.8) is 0 Å². The Balaban J connectivity index is 2.93. The Labute approximate surface area is 64.9 Å². The smallest absolute Gasteiger partial charge is 0.0185 e. The van der Waals surface area contributed by atoms with Crippen molar-refractivity contribution >= 4 is 9.24 Å². The number of allylic oxidation sites excluding steroid dienone is 6. The first-order valence-corrected chi connectivity index (χ1v) is 4.02. The molecule has 1 aliphatic carbocycles. The summed E-state index contributed by atoms with van der Waals surface area (Å²) in [6, 6.07) is 0. The van der Waals surface area contributed by atoms with E-state index in [1.807, 2.05) is 0 Å². The van der Waals surface area contributed by atoms with Gasteiger partial charge in [-0.3, -0.25) is 0 Å². The Bertz CT molecular complexity index is 207. The maximum Gasteiger partial charge on any atom is 0.0185 e.